The molecule has 5 atom stereocenters. The molecule has 106 valence electrons. The third-order valence-corrected chi connectivity index (χ3v) is 4.21. The zero-order chi connectivity index (χ0) is 14.1. The molecule has 20 heavy (non-hydrogen) atoms. The molecule has 0 amide bonds. The lowest BCUT2D eigenvalue weighted by molar-refractivity contribution is -0.0614. The van der Waals surface area contributed by atoms with Crippen molar-refractivity contribution in [3.63, 3.8) is 0 Å². The Kier molecular flexibility index (Phi) is 2.18. The molecule has 1 saturated carbocycles. The van der Waals surface area contributed by atoms with Gasteiger partial charge in [0.1, 0.15) is 35.8 Å². The SMILES string of the molecule is Nc1ncnc2c1ncn2[C@@H]1C2O[C@@]2(CO)[C@@H](O)[C@H]1O. The minimum Gasteiger partial charge on any atom is -0.393 e. The molecule has 1 aliphatic carbocycles. The number of rotatable bonds is 2. The van der Waals surface area contributed by atoms with Crippen LogP contribution in [0, 0.1) is 0 Å². The van der Waals surface area contributed by atoms with Crippen LogP contribution in [0.2, 0.25) is 0 Å². The maximum absolute atomic E-state index is 10.2. The van der Waals surface area contributed by atoms with E-state index in [9.17, 15) is 15.3 Å². The molecule has 2 fully saturated rings. The largest absolute Gasteiger partial charge is 0.393 e. The second kappa shape index (κ2) is 3.64. The molecule has 4 rings (SSSR count). The number of imidazole rings is 1. The molecular formula is C11H13N5O4. The zero-order valence-electron chi connectivity index (χ0n) is 10.3. The normalized spacial score (nSPS) is 39.1. The molecule has 1 aliphatic heterocycles. The van der Waals surface area contributed by atoms with Gasteiger partial charge in [-0.1, -0.05) is 0 Å². The van der Waals surface area contributed by atoms with Crippen molar-refractivity contribution in [1.29, 1.82) is 0 Å². The smallest absolute Gasteiger partial charge is 0.165 e. The number of nitrogens with zero attached hydrogens (tertiary/aromatic N) is 4. The lowest BCUT2D eigenvalue weighted by Crippen LogP contribution is -2.39. The first-order valence-corrected chi connectivity index (χ1v) is 6.18. The fourth-order valence-corrected chi connectivity index (χ4v) is 3.07. The number of hydrogen-bond donors (Lipinski definition) is 4. The summed E-state index contributed by atoms with van der Waals surface area (Å²) in [7, 11) is 0. The van der Waals surface area contributed by atoms with Gasteiger partial charge >= 0.3 is 0 Å². The van der Waals surface area contributed by atoms with Crippen molar-refractivity contribution < 1.29 is 20.1 Å². The summed E-state index contributed by atoms with van der Waals surface area (Å²) in [6.45, 7) is -0.351. The second-order valence-corrected chi connectivity index (χ2v) is 5.16. The highest BCUT2D eigenvalue weighted by Gasteiger charge is 2.74. The lowest BCUT2D eigenvalue weighted by Gasteiger charge is -2.22. The Hall–Kier alpha value is -1.81. The van der Waals surface area contributed by atoms with Crippen LogP contribution in [0.1, 0.15) is 6.04 Å². The van der Waals surface area contributed by atoms with Crippen molar-refractivity contribution in [3.05, 3.63) is 12.7 Å². The summed E-state index contributed by atoms with van der Waals surface area (Å²) in [6, 6.07) is -0.573. The molecule has 0 bridgehead atoms. The Bertz CT molecular complexity index is 691. The average molecular weight is 279 g/mol. The van der Waals surface area contributed by atoms with Crippen LogP contribution in [-0.4, -0.2) is 65.4 Å². The van der Waals surface area contributed by atoms with Crippen LogP contribution >= 0.6 is 0 Å². The summed E-state index contributed by atoms with van der Waals surface area (Å²) in [4.78, 5) is 12.1. The molecule has 9 nitrogen and oxygen atoms in total. The van der Waals surface area contributed by atoms with Gasteiger partial charge in [-0.3, -0.25) is 0 Å². The standard InChI is InChI=1S/C11H13N5O4/c12-9-4-10(14-2-13-9)16(3-15-4)5-6(18)7(19)11(1-17)8(5)20-11/h2-3,5-8,17-19H,1H2,(H2,12,13,14)/t5-,6-,7-,8?,11-/m0/s1. The first kappa shape index (κ1) is 12.0. The van der Waals surface area contributed by atoms with Crippen LogP contribution in [0.5, 0.6) is 0 Å². The Morgan fingerprint density at radius 3 is 2.85 bits per heavy atom. The van der Waals surface area contributed by atoms with Crippen molar-refractivity contribution in [3.8, 4) is 0 Å². The van der Waals surface area contributed by atoms with Crippen LogP contribution in [0.15, 0.2) is 12.7 Å². The Morgan fingerprint density at radius 2 is 2.15 bits per heavy atom. The van der Waals surface area contributed by atoms with Gasteiger partial charge in [0, 0.05) is 0 Å². The quantitative estimate of drug-likeness (QED) is 0.454. The minimum atomic E-state index is -1.15. The van der Waals surface area contributed by atoms with Crippen molar-refractivity contribution in [2.45, 2.75) is 30.0 Å². The monoisotopic (exact) mass is 279 g/mol. The van der Waals surface area contributed by atoms with E-state index in [-0.39, 0.29) is 12.4 Å². The van der Waals surface area contributed by atoms with Crippen molar-refractivity contribution in [2.75, 3.05) is 12.3 Å². The molecule has 1 saturated heterocycles. The molecule has 5 N–H and O–H groups in total. The van der Waals surface area contributed by atoms with Crippen LogP contribution in [0.4, 0.5) is 5.82 Å². The number of nitrogens with two attached hydrogens (primary N) is 1. The zero-order valence-corrected chi connectivity index (χ0v) is 10.3. The summed E-state index contributed by atoms with van der Waals surface area (Å²) in [6.07, 6.45) is 0.0752. The number of ether oxygens (including phenoxy) is 1. The van der Waals surface area contributed by atoms with Gasteiger partial charge in [-0.15, -0.1) is 0 Å². The number of aliphatic hydroxyl groups excluding tert-OH is 3. The number of nitrogen functional groups attached to an aromatic ring is 1. The van der Waals surface area contributed by atoms with Crippen molar-refractivity contribution in [2.24, 2.45) is 0 Å². The van der Waals surface area contributed by atoms with E-state index >= 15 is 0 Å². The second-order valence-electron chi connectivity index (χ2n) is 5.16. The molecular weight excluding hydrogens is 266 g/mol. The maximum Gasteiger partial charge on any atom is 0.165 e. The van der Waals surface area contributed by atoms with Gasteiger partial charge in [0.15, 0.2) is 11.5 Å². The van der Waals surface area contributed by atoms with Gasteiger partial charge in [0.05, 0.1) is 19.0 Å². The highest BCUT2D eigenvalue weighted by Crippen LogP contribution is 2.55. The maximum atomic E-state index is 10.2. The molecule has 2 aromatic rings. The van der Waals surface area contributed by atoms with Gasteiger partial charge < -0.3 is 30.4 Å². The molecule has 0 spiro atoms. The van der Waals surface area contributed by atoms with E-state index in [1.807, 2.05) is 0 Å². The van der Waals surface area contributed by atoms with Crippen LogP contribution in [0.3, 0.4) is 0 Å². The molecule has 0 aromatic carbocycles. The summed E-state index contributed by atoms with van der Waals surface area (Å²) < 4.78 is 7.01. The van der Waals surface area contributed by atoms with Gasteiger partial charge in [-0.05, 0) is 0 Å². The van der Waals surface area contributed by atoms with Gasteiger partial charge in [-0.2, -0.15) is 0 Å². The number of epoxide rings is 1. The van der Waals surface area contributed by atoms with E-state index in [0.29, 0.717) is 11.2 Å². The number of aromatic nitrogens is 4. The van der Waals surface area contributed by atoms with Gasteiger partial charge in [-0.25, -0.2) is 15.0 Å². The van der Waals surface area contributed by atoms with Crippen molar-refractivity contribution >= 4 is 17.0 Å². The lowest BCUT2D eigenvalue weighted by atomic mass is 10.1. The van der Waals surface area contributed by atoms with Gasteiger partial charge in [0.25, 0.3) is 0 Å². The van der Waals surface area contributed by atoms with E-state index in [0.717, 1.165) is 0 Å². The third-order valence-electron chi connectivity index (χ3n) is 4.21. The summed E-state index contributed by atoms with van der Waals surface area (Å²) in [5, 5.41) is 29.6. The fourth-order valence-electron chi connectivity index (χ4n) is 3.07. The van der Waals surface area contributed by atoms with E-state index in [1.165, 1.54) is 12.7 Å². The predicted octanol–water partition coefficient (Wildman–Crippen LogP) is -2.19. The first-order chi connectivity index (χ1) is 9.60. The molecule has 2 aliphatic rings. The number of anilines is 1. The first-order valence-electron chi connectivity index (χ1n) is 6.18. The Balaban J connectivity index is 1.83. The van der Waals surface area contributed by atoms with E-state index < -0.39 is 30.0 Å². The van der Waals surface area contributed by atoms with E-state index in [4.69, 9.17) is 10.5 Å². The van der Waals surface area contributed by atoms with Gasteiger partial charge in [0.2, 0.25) is 0 Å². The summed E-state index contributed by atoms with van der Waals surface area (Å²) >= 11 is 0. The molecule has 2 aromatic heterocycles. The topological polar surface area (TPSA) is 143 Å². The molecule has 1 unspecified atom stereocenters. The number of aliphatic hydroxyl groups is 3. The third kappa shape index (κ3) is 1.23. The highest BCUT2D eigenvalue weighted by atomic mass is 16.6. The number of hydrogen-bond acceptors (Lipinski definition) is 8. The highest BCUT2D eigenvalue weighted by molar-refractivity contribution is 5.81. The van der Waals surface area contributed by atoms with E-state index in [1.54, 1.807) is 4.57 Å². The predicted molar refractivity (Wildman–Crippen MR) is 65.5 cm³/mol. The minimum absolute atomic E-state index is 0.243. The van der Waals surface area contributed by atoms with Crippen LogP contribution in [0.25, 0.3) is 11.2 Å². The Morgan fingerprint density at radius 1 is 1.35 bits per heavy atom. The summed E-state index contributed by atoms with van der Waals surface area (Å²) in [5.74, 6) is 0.243. The van der Waals surface area contributed by atoms with E-state index in [2.05, 4.69) is 15.0 Å². The molecule has 3 heterocycles. The average Bonchev–Trinajstić information content (AvgIpc) is 2.95. The number of fused-ring (bicyclic) bond motifs is 2. The van der Waals surface area contributed by atoms with Crippen molar-refractivity contribution in [1.82, 2.24) is 19.5 Å². The molecule has 9 heteroatoms. The Labute approximate surface area is 112 Å². The summed E-state index contributed by atoms with van der Waals surface area (Å²) in [5.41, 5.74) is 5.52. The van der Waals surface area contributed by atoms with Crippen LogP contribution < -0.4 is 5.73 Å². The van der Waals surface area contributed by atoms with Crippen LogP contribution in [-0.2, 0) is 4.74 Å². The fraction of sp³-hybridized carbons (Fsp3) is 0.545. The molecule has 0 radical (unpaired) electrons.